The summed E-state index contributed by atoms with van der Waals surface area (Å²) in [5, 5.41) is 2.33. The Kier molecular flexibility index (Phi) is 5.15. The fourth-order valence-electron chi connectivity index (χ4n) is 1.28. The minimum atomic E-state index is -4.54. The summed E-state index contributed by atoms with van der Waals surface area (Å²) < 4.78 is 42.3. The van der Waals surface area contributed by atoms with Crippen LogP contribution in [0.5, 0.6) is 0 Å². The minimum absolute atomic E-state index is 0.0466. The van der Waals surface area contributed by atoms with Gasteiger partial charge in [0.05, 0.1) is 6.61 Å². The van der Waals surface area contributed by atoms with Crippen LogP contribution in [0.15, 0.2) is 6.07 Å². The van der Waals surface area contributed by atoms with Crippen molar-refractivity contribution in [2.24, 2.45) is 5.92 Å². The van der Waals surface area contributed by atoms with Crippen molar-refractivity contribution >= 4 is 17.4 Å². The Bertz CT molecular complexity index is 400. The van der Waals surface area contributed by atoms with E-state index < -0.39 is 17.2 Å². The molecule has 0 radical (unpaired) electrons. The van der Waals surface area contributed by atoms with Crippen molar-refractivity contribution < 1.29 is 17.9 Å². The average molecular weight is 284 g/mol. The van der Waals surface area contributed by atoms with E-state index in [9.17, 15) is 13.2 Å². The highest BCUT2D eigenvalue weighted by Crippen LogP contribution is 2.29. The lowest BCUT2D eigenvalue weighted by Crippen LogP contribution is -2.17. The summed E-state index contributed by atoms with van der Waals surface area (Å²) >= 11 is 5.45. The minimum Gasteiger partial charge on any atom is -0.384 e. The van der Waals surface area contributed by atoms with Gasteiger partial charge in [-0.3, -0.25) is 0 Å². The first-order chi connectivity index (χ1) is 8.32. The van der Waals surface area contributed by atoms with Gasteiger partial charge in [0.2, 0.25) is 5.28 Å². The normalized spacial score (nSPS) is 13.4. The number of halogens is 4. The van der Waals surface area contributed by atoms with Crippen molar-refractivity contribution in [3.05, 3.63) is 17.0 Å². The van der Waals surface area contributed by atoms with Gasteiger partial charge in [0.15, 0.2) is 5.69 Å². The van der Waals surface area contributed by atoms with Crippen LogP contribution >= 0.6 is 11.6 Å². The number of nitrogens with one attached hydrogen (secondary N) is 1. The molecule has 0 aliphatic rings. The number of hydrogen-bond acceptors (Lipinski definition) is 4. The highest BCUT2D eigenvalue weighted by atomic mass is 35.5. The number of methoxy groups -OCH3 is 1. The van der Waals surface area contributed by atoms with Crippen molar-refractivity contribution in [1.29, 1.82) is 0 Å². The van der Waals surface area contributed by atoms with Gasteiger partial charge >= 0.3 is 6.18 Å². The van der Waals surface area contributed by atoms with E-state index in [-0.39, 0.29) is 11.7 Å². The molecule has 0 bridgehead atoms. The van der Waals surface area contributed by atoms with E-state index in [1.807, 2.05) is 6.92 Å². The molecule has 1 aromatic heterocycles. The summed E-state index contributed by atoms with van der Waals surface area (Å²) in [4.78, 5) is 6.81. The summed E-state index contributed by atoms with van der Waals surface area (Å²) in [7, 11) is 1.56. The van der Waals surface area contributed by atoms with E-state index in [2.05, 4.69) is 15.3 Å². The first-order valence-electron chi connectivity index (χ1n) is 5.17. The molecule has 1 heterocycles. The van der Waals surface area contributed by atoms with E-state index in [1.54, 1.807) is 7.11 Å². The fourth-order valence-corrected chi connectivity index (χ4v) is 1.46. The van der Waals surface area contributed by atoms with Gasteiger partial charge in [-0.05, 0) is 17.5 Å². The Balaban J connectivity index is 2.75. The van der Waals surface area contributed by atoms with Crippen LogP contribution in [0.2, 0.25) is 5.28 Å². The van der Waals surface area contributed by atoms with E-state index in [1.165, 1.54) is 0 Å². The smallest absolute Gasteiger partial charge is 0.384 e. The maximum atomic E-state index is 12.5. The first kappa shape index (κ1) is 15.0. The van der Waals surface area contributed by atoms with Crippen LogP contribution in [0.25, 0.3) is 0 Å². The van der Waals surface area contributed by atoms with Crippen molar-refractivity contribution in [2.45, 2.75) is 13.1 Å². The van der Waals surface area contributed by atoms with Gasteiger partial charge < -0.3 is 10.1 Å². The molecule has 0 saturated heterocycles. The summed E-state index contributed by atoms with van der Waals surface area (Å²) in [5.74, 6) is 0.184. The second-order valence-corrected chi connectivity index (χ2v) is 4.18. The largest absolute Gasteiger partial charge is 0.433 e. The van der Waals surface area contributed by atoms with Crippen molar-refractivity contribution in [2.75, 3.05) is 25.6 Å². The number of rotatable bonds is 5. The molecule has 0 spiro atoms. The second kappa shape index (κ2) is 6.19. The average Bonchev–Trinajstić information content (AvgIpc) is 2.25. The summed E-state index contributed by atoms with van der Waals surface area (Å²) in [6.45, 7) is 2.82. The monoisotopic (exact) mass is 283 g/mol. The maximum Gasteiger partial charge on any atom is 0.433 e. The predicted molar refractivity (Wildman–Crippen MR) is 61.6 cm³/mol. The number of alkyl halides is 3. The zero-order valence-electron chi connectivity index (χ0n) is 9.88. The van der Waals surface area contributed by atoms with Crippen LogP contribution in [0.4, 0.5) is 19.0 Å². The molecule has 1 rings (SSSR count). The molecule has 1 N–H and O–H groups in total. The number of ether oxygens (including phenoxy) is 1. The van der Waals surface area contributed by atoms with Crippen LogP contribution in [-0.4, -0.2) is 30.2 Å². The molecule has 1 unspecified atom stereocenters. The molecule has 0 amide bonds. The second-order valence-electron chi connectivity index (χ2n) is 3.85. The molecule has 102 valence electrons. The molecule has 0 aromatic carbocycles. The molecule has 0 fully saturated rings. The van der Waals surface area contributed by atoms with Gasteiger partial charge in [0, 0.05) is 19.7 Å². The van der Waals surface area contributed by atoms with Crippen molar-refractivity contribution in [3.8, 4) is 0 Å². The third kappa shape index (κ3) is 4.66. The Morgan fingerprint density at radius 1 is 1.44 bits per heavy atom. The Labute approximate surface area is 108 Å². The zero-order valence-corrected chi connectivity index (χ0v) is 10.6. The Morgan fingerprint density at radius 2 is 2.11 bits per heavy atom. The molecule has 1 atom stereocenters. The zero-order chi connectivity index (χ0) is 13.8. The lowest BCUT2D eigenvalue weighted by atomic mass is 10.2. The van der Waals surface area contributed by atoms with Crippen LogP contribution < -0.4 is 5.32 Å². The summed E-state index contributed by atoms with van der Waals surface area (Å²) in [6, 6.07) is 0.825. The molecule has 0 saturated carbocycles. The molecular formula is C10H13ClF3N3O. The van der Waals surface area contributed by atoms with E-state index in [0.717, 1.165) is 6.07 Å². The van der Waals surface area contributed by atoms with Crippen LogP contribution in [-0.2, 0) is 10.9 Å². The maximum absolute atomic E-state index is 12.5. The molecular weight excluding hydrogens is 271 g/mol. The van der Waals surface area contributed by atoms with E-state index in [4.69, 9.17) is 16.3 Å². The quantitative estimate of drug-likeness (QED) is 0.844. The van der Waals surface area contributed by atoms with Crippen LogP contribution in [0, 0.1) is 5.92 Å². The van der Waals surface area contributed by atoms with Crippen molar-refractivity contribution in [1.82, 2.24) is 9.97 Å². The van der Waals surface area contributed by atoms with Gasteiger partial charge in [-0.1, -0.05) is 6.92 Å². The SMILES string of the molecule is COCC(C)CNc1cc(C(F)(F)F)nc(Cl)n1. The van der Waals surface area contributed by atoms with Gasteiger partial charge in [-0.25, -0.2) is 9.97 Å². The topological polar surface area (TPSA) is 47.0 Å². The highest BCUT2D eigenvalue weighted by Gasteiger charge is 2.33. The standard InChI is InChI=1S/C10H13ClF3N3O/c1-6(5-18-2)4-15-8-3-7(10(12,13)14)16-9(11)17-8/h3,6H,4-5H2,1-2H3,(H,15,16,17). The lowest BCUT2D eigenvalue weighted by molar-refractivity contribution is -0.141. The molecule has 0 aliphatic heterocycles. The Hall–Kier alpha value is -1.08. The number of hydrogen-bond donors (Lipinski definition) is 1. The van der Waals surface area contributed by atoms with Crippen LogP contribution in [0.3, 0.4) is 0 Å². The van der Waals surface area contributed by atoms with Gasteiger partial charge in [-0.2, -0.15) is 13.2 Å². The lowest BCUT2D eigenvalue weighted by Gasteiger charge is -2.13. The van der Waals surface area contributed by atoms with E-state index in [0.29, 0.717) is 13.2 Å². The number of nitrogens with zero attached hydrogens (tertiary/aromatic N) is 2. The van der Waals surface area contributed by atoms with Gasteiger partial charge in [0.1, 0.15) is 5.82 Å². The third-order valence-electron chi connectivity index (χ3n) is 2.07. The summed E-state index contributed by atoms with van der Waals surface area (Å²) in [6.07, 6.45) is -4.54. The molecule has 0 aliphatic carbocycles. The molecule has 8 heteroatoms. The predicted octanol–water partition coefficient (Wildman–Crippen LogP) is 2.84. The van der Waals surface area contributed by atoms with Crippen molar-refractivity contribution in [3.63, 3.8) is 0 Å². The summed E-state index contributed by atoms with van der Waals surface area (Å²) in [5.41, 5.74) is -1.07. The fraction of sp³-hybridized carbons (Fsp3) is 0.600. The third-order valence-corrected chi connectivity index (χ3v) is 2.24. The van der Waals surface area contributed by atoms with Gasteiger partial charge in [0.25, 0.3) is 0 Å². The highest BCUT2D eigenvalue weighted by molar-refractivity contribution is 6.28. The van der Waals surface area contributed by atoms with E-state index >= 15 is 0 Å². The number of aromatic nitrogens is 2. The molecule has 1 aromatic rings. The Morgan fingerprint density at radius 3 is 2.67 bits per heavy atom. The first-order valence-corrected chi connectivity index (χ1v) is 5.55. The van der Waals surface area contributed by atoms with Gasteiger partial charge in [-0.15, -0.1) is 0 Å². The number of anilines is 1. The molecule has 4 nitrogen and oxygen atoms in total. The molecule has 18 heavy (non-hydrogen) atoms. The van der Waals surface area contributed by atoms with Crippen LogP contribution in [0.1, 0.15) is 12.6 Å².